The second kappa shape index (κ2) is 7.64. The molecule has 0 aliphatic carbocycles. The van der Waals surface area contributed by atoms with Crippen LogP contribution in [0.15, 0.2) is 48.8 Å². The van der Waals surface area contributed by atoms with Crippen molar-refractivity contribution in [1.82, 2.24) is 9.55 Å². The van der Waals surface area contributed by atoms with E-state index in [0.717, 1.165) is 20.2 Å². The molecular weight excluding hydrogens is 433 g/mol. The Hall–Kier alpha value is -2.42. The highest BCUT2D eigenvalue weighted by atomic mass is 127. The van der Waals surface area contributed by atoms with Crippen molar-refractivity contribution >= 4 is 51.2 Å². The summed E-state index contributed by atoms with van der Waals surface area (Å²) >= 11 is 2.21. The summed E-state index contributed by atoms with van der Waals surface area (Å²) in [5, 5.41) is 2.74. The lowest BCUT2D eigenvalue weighted by atomic mass is 10.2. The Kier molecular flexibility index (Phi) is 5.32. The first-order valence-corrected chi connectivity index (χ1v) is 8.72. The third kappa shape index (κ3) is 4.36. The van der Waals surface area contributed by atoms with Crippen molar-refractivity contribution in [2.45, 2.75) is 13.5 Å². The molecule has 6 nitrogen and oxygen atoms in total. The number of halogens is 1. The first-order valence-electron chi connectivity index (χ1n) is 7.64. The third-order valence-electron chi connectivity index (χ3n) is 3.65. The standard InChI is InChI=1S/C18H16IN3O3/c1-12-8-13(19)6-7-14(12)21-17(23)10-25-18(24)9-22-11-20-15-4-2-3-5-16(15)22/h2-8,11H,9-10H2,1H3,(H,21,23). The SMILES string of the molecule is Cc1cc(I)ccc1NC(=O)COC(=O)Cn1cnc2ccccc21. The molecule has 0 aliphatic heterocycles. The Labute approximate surface area is 158 Å². The first kappa shape index (κ1) is 17.4. The van der Waals surface area contributed by atoms with Crippen molar-refractivity contribution in [2.75, 3.05) is 11.9 Å². The molecule has 25 heavy (non-hydrogen) atoms. The molecule has 0 fully saturated rings. The summed E-state index contributed by atoms with van der Waals surface area (Å²) in [6.07, 6.45) is 1.58. The molecule has 1 N–H and O–H groups in total. The van der Waals surface area contributed by atoms with Crippen molar-refractivity contribution in [3.05, 3.63) is 57.9 Å². The van der Waals surface area contributed by atoms with Gasteiger partial charge in [0.05, 0.1) is 17.4 Å². The molecule has 0 bridgehead atoms. The molecule has 3 rings (SSSR count). The number of carbonyl (C=O) groups excluding carboxylic acids is 2. The number of ether oxygens (including phenoxy) is 1. The highest BCUT2D eigenvalue weighted by Gasteiger charge is 2.11. The van der Waals surface area contributed by atoms with Gasteiger partial charge in [-0.15, -0.1) is 0 Å². The van der Waals surface area contributed by atoms with Crippen LogP contribution in [-0.2, 0) is 20.9 Å². The number of hydrogen-bond donors (Lipinski definition) is 1. The van der Waals surface area contributed by atoms with Crippen LogP contribution in [0.1, 0.15) is 5.56 Å². The van der Waals surface area contributed by atoms with Gasteiger partial charge in [-0.1, -0.05) is 12.1 Å². The van der Waals surface area contributed by atoms with E-state index >= 15 is 0 Å². The maximum atomic E-state index is 12.0. The summed E-state index contributed by atoms with van der Waals surface area (Å²) in [7, 11) is 0. The number of rotatable bonds is 5. The number of nitrogens with zero attached hydrogens (tertiary/aromatic N) is 2. The monoisotopic (exact) mass is 449 g/mol. The van der Waals surface area contributed by atoms with Gasteiger partial charge in [0, 0.05) is 9.26 Å². The number of anilines is 1. The fraction of sp³-hybridized carbons (Fsp3) is 0.167. The van der Waals surface area contributed by atoms with E-state index in [-0.39, 0.29) is 19.1 Å². The van der Waals surface area contributed by atoms with E-state index in [1.54, 1.807) is 10.9 Å². The zero-order valence-electron chi connectivity index (χ0n) is 13.5. The third-order valence-corrected chi connectivity index (χ3v) is 4.32. The van der Waals surface area contributed by atoms with Crippen LogP contribution < -0.4 is 5.32 Å². The van der Waals surface area contributed by atoms with Gasteiger partial charge >= 0.3 is 5.97 Å². The van der Waals surface area contributed by atoms with E-state index in [4.69, 9.17) is 4.74 Å². The van der Waals surface area contributed by atoms with Crippen molar-refractivity contribution < 1.29 is 14.3 Å². The number of amides is 1. The summed E-state index contributed by atoms with van der Waals surface area (Å²) in [4.78, 5) is 28.1. The minimum Gasteiger partial charge on any atom is -0.454 e. The van der Waals surface area contributed by atoms with Gasteiger partial charge in [-0.05, 0) is 65.4 Å². The van der Waals surface area contributed by atoms with E-state index in [2.05, 4.69) is 32.9 Å². The Morgan fingerprint density at radius 2 is 2.04 bits per heavy atom. The summed E-state index contributed by atoms with van der Waals surface area (Å²) in [5.41, 5.74) is 3.32. The molecule has 0 spiro atoms. The molecule has 3 aromatic rings. The Balaban J connectivity index is 1.54. The smallest absolute Gasteiger partial charge is 0.326 e. The number of aryl methyl sites for hydroxylation is 1. The summed E-state index contributed by atoms with van der Waals surface area (Å²) in [5.74, 6) is -0.856. The molecule has 1 aromatic heterocycles. The Bertz CT molecular complexity index is 936. The van der Waals surface area contributed by atoms with Crippen LogP contribution in [-0.4, -0.2) is 28.0 Å². The quantitative estimate of drug-likeness (QED) is 0.480. The molecule has 0 saturated heterocycles. The van der Waals surface area contributed by atoms with Crippen molar-refractivity contribution in [3.63, 3.8) is 0 Å². The van der Waals surface area contributed by atoms with Crippen LogP contribution in [0.3, 0.4) is 0 Å². The maximum absolute atomic E-state index is 12.0. The molecule has 0 saturated carbocycles. The number of carbonyl (C=O) groups is 2. The lowest BCUT2D eigenvalue weighted by Crippen LogP contribution is -2.23. The summed E-state index contributed by atoms with van der Waals surface area (Å²) < 4.78 is 7.84. The number of nitrogens with one attached hydrogen (secondary N) is 1. The van der Waals surface area contributed by atoms with Gasteiger partial charge in [0.15, 0.2) is 6.61 Å². The van der Waals surface area contributed by atoms with Crippen LogP contribution in [0.25, 0.3) is 11.0 Å². The van der Waals surface area contributed by atoms with Gasteiger partial charge in [0.25, 0.3) is 5.91 Å². The fourth-order valence-electron chi connectivity index (χ4n) is 2.42. The largest absolute Gasteiger partial charge is 0.454 e. The lowest BCUT2D eigenvalue weighted by Gasteiger charge is -2.09. The minimum absolute atomic E-state index is 0.0103. The predicted octanol–water partition coefficient (Wildman–Crippen LogP) is 3.13. The van der Waals surface area contributed by atoms with E-state index in [1.807, 2.05) is 49.4 Å². The average Bonchev–Trinajstić information content (AvgIpc) is 2.99. The van der Waals surface area contributed by atoms with Crippen molar-refractivity contribution in [1.29, 1.82) is 0 Å². The molecule has 1 amide bonds. The van der Waals surface area contributed by atoms with Crippen LogP contribution in [0.5, 0.6) is 0 Å². The normalized spacial score (nSPS) is 10.6. The number of imidazole rings is 1. The molecule has 1 heterocycles. The number of fused-ring (bicyclic) bond motifs is 1. The van der Waals surface area contributed by atoms with Crippen molar-refractivity contribution in [2.24, 2.45) is 0 Å². The molecule has 0 atom stereocenters. The van der Waals surface area contributed by atoms with E-state index < -0.39 is 5.97 Å². The molecule has 0 radical (unpaired) electrons. The van der Waals surface area contributed by atoms with Crippen molar-refractivity contribution in [3.8, 4) is 0 Å². The lowest BCUT2D eigenvalue weighted by molar-refractivity contribution is -0.147. The fourth-order valence-corrected chi connectivity index (χ4v) is 3.07. The van der Waals surface area contributed by atoms with Crippen LogP contribution in [0.2, 0.25) is 0 Å². The molecule has 0 unspecified atom stereocenters. The van der Waals surface area contributed by atoms with Gasteiger partial charge in [-0.2, -0.15) is 0 Å². The molecular formula is C18H16IN3O3. The molecule has 2 aromatic carbocycles. The van der Waals surface area contributed by atoms with Gasteiger partial charge < -0.3 is 14.6 Å². The molecule has 0 aliphatic rings. The second-order valence-corrected chi connectivity index (χ2v) is 6.77. The summed E-state index contributed by atoms with van der Waals surface area (Å²) in [6.45, 7) is 1.60. The number of esters is 1. The van der Waals surface area contributed by atoms with Crippen LogP contribution >= 0.6 is 22.6 Å². The van der Waals surface area contributed by atoms with Gasteiger partial charge in [0.2, 0.25) is 0 Å². The number of benzene rings is 2. The minimum atomic E-state index is -0.488. The maximum Gasteiger partial charge on any atom is 0.326 e. The Morgan fingerprint density at radius 3 is 2.84 bits per heavy atom. The topological polar surface area (TPSA) is 73.2 Å². The molecule has 7 heteroatoms. The highest BCUT2D eigenvalue weighted by Crippen LogP contribution is 2.17. The second-order valence-electron chi connectivity index (χ2n) is 5.53. The van der Waals surface area contributed by atoms with E-state index in [0.29, 0.717) is 5.69 Å². The van der Waals surface area contributed by atoms with E-state index in [9.17, 15) is 9.59 Å². The number of hydrogen-bond acceptors (Lipinski definition) is 4. The molecule has 128 valence electrons. The van der Waals surface area contributed by atoms with Crippen LogP contribution in [0.4, 0.5) is 5.69 Å². The highest BCUT2D eigenvalue weighted by molar-refractivity contribution is 14.1. The summed E-state index contributed by atoms with van der Waals surface area (Å²) in [6, 6.07) is 13.2. The van der Waals surface area contributed by atoms with Gasteiger partial charge in [-0.25, -0.2) is 4.98 Å². The average molecular weight is 449 g/mol. The zero-order chi connectivity index (χ0) is 17.8. The van der Waals surface area contributed by atoms with Gasteiger partial charge in [0.1, 0.15) is 6.54 Å². The number of para-hydroxylation sites is 2. The van der Waals surface area contributed by atoms with E-state index in [1.165, 1.54) is 0 Å². The predicted molar refractivity (Wildman–Crippen MR) is 103 cm³/mol. The van der Waals surface area contributed by atoms with Crippen LogP contribution in [0, 0.1) is 10.5 Å². The first-order chi connectivity index (χ1) is 12.0. The van der Waals surface area contributed by atoms with Gasteiger partial charge in [-0.3, -0.25) is 9.59 Å². The zero-order valence-corrected chi connectivity index (χ0v) is 15.7. The Morgan fingerprint density at radius 1 is 1.24 bits per heavy atom. The number of aromatic nitrogens is 2.